The number of nitrogens with one attached hydrogen (secondary N) is 1. The van der Waals surface area contributed by atoms with Gasteiger partial charge in [-0.15, -0.1) is 12.4 Å². The van der Waals surface area contributed by atoms with E-state index in [1.54, 1.807) is 0 Å². The molecule has 0 aromatic heterocycles. The fraction of sp³-hybridized carbons (Fsp3) is 0.929. The van der Waals surface area contributed by atoms with Crippen molar-refractivity contribution in [3.8, 4) is 0 Å². The Labute approximate surface area is 124 Å². The van der Waals surface area contributed by atoms with Gasteiger partial charge in [-0.25, -0.2) is 8.78 Å². The van der Waals surface area contributed by atoms with E-state index in [1.165, 1.54) is 6.42 Å². The molecule has 0 heterocycles. The number of hydrogen-bond donors (Lipinski definition) is 2. The highest BCUT2D eigenvalue weighted by Gasteiger charge is 2.50. The Morgan fingerprint density at radius 1 is 1.10 bits per heavy atom. The molecule has 0 aromatic rings. The highest BCUT2D eigenvalue weighted by molar-refractivity contribution is 5.85. The van der Waals surface area contributed by atoms with Crippen molar-refractivity contribution < 1.29 is 13.6 Å². The van der Waals surface area contributed by atoms with E-state index in [1.807, 2.05) is 0 Å². The van der Waals surface area contributed by atoms with E-state index in [9.17, 15) is 13.6 Å². The van der Waals surface area contributed by atoms with Crippen molar-refractivity contribution in [3.05, 3.63) is 0 Å². The Morgan fingerprint density at radius 2 is 1.60 bits per heavy atom. The van der Waals surface area contributed by atoms with Crippen LogP contribution in [0.1, 0.15) is 32.1 Å². The van der Waals surface area contributed by atoms with Crippen molar-refractivity contribution in [3.63, 3.8) is 0 Å². The van der Waals surface area contributed by atoms with E-state index in [0.717, 1.165) is 37.5 Å². The van der Waals surface area contributed by atoms with Crippen LogP contribution in [0.2, 0.25) is 0 Å². The van der Waals surface area contributed by atoms with Crippen LogP contribution < -0.4 is 11.1 Å². The molecular weight excluding hydrogens is 286 g/mol. The second-order valence-corrected chi connectivity index (χ2v) is 6.73. The Hall–Kier alpha value is -0.420. The van der Waals surface area contributed by atoms with Gasteiger partial charge in [-0.05, 0) is 55.8 Å². The molecule has 4 rings (SSSR count). The lowest BCUT2D eigenvalue weighted by Gasteiger charge is -2.53. The lowest BCUT2D eigenvalue weighted by atomic mass is 9.51. The zero-order valence-electron chi connectivity index (χ0n) is 11.5. The Balaban J connectivity index is 0.00000147. The summed E-state index contributed by atoms with van der Waals surface area (Å²) in [6.45, 7) is -1.33. The van der Waals surface area contributed by atoms with Gasteiger partial charge in [-0.3, -0.25) is 4.79 Å². The van der Waals surface area contributed by atoms with Crippen LogP contribution >= 0.6 is 12.4 Å². The predicted molar refractivity (Wildman–Crippen MR) is 74.8 cm³/mol. The third kappa shape index (κ3) is 2.93. The van der Waals surface area contributed by atoms with Gasteiger partial charge < -0.3 is 11.1 Å². The predicted octanol–water partition coefficient (Wildman–Crippen LogP) is 2.19. The van der Waals surface area contributed by atoms with Crippen molar-refractivity contribution in [2.45, 2.75) is 38.0 Å². The van der Waals surface area contributed by atoms with E-state index in [0.29, 0.717) is 11.8 Å². The maximum absolute atomic E-state index is 13.1. The molecule has 1 amide bonds. The Kier molecular flexibility index (Phi) is 4.59. The number of amides is 1. The van der Waals surface area contributed by atoms with Crippen LogP contribution in [-0.4, -0.2) is 24.9 Å². The molecule has 20 heavy (non-hydrogen) atoms. The lowest BCUT2D eigenvalue weighted by Crippen LogP contribution is -2.52. The van der Waals surface area contributed by atoms with Crippen LogP contribution in [0.3, 0.4) is 0 Å². The standard InChI is InChI=1S/C14H22F2N2O.ClH/c15-14(16,6-17)7-18-13(19)12-10-2-8-1-9(4-10)5-11(12)3-8;/h8-12H,1-7,17H2,(H,18,19);1H. The molecule has 116 valence electrons. The first-order valence-corrected chi connectivity index (χ1v) is 7.34. The Morgan fingerprint density at radius 3 is 2.05 bits per heavy atom. The van der Waals surface area contributed by atoms with Gasteiger partial charge in [0.15, 0.2) is 0 Å². The fourth-order valence-electron chi connectivity index (χ4n) is 4.76. The van der Waals surface area contributed by atoms with Gasteiger partial charge in [0.25, 0.3) is 5.92 Å². The van der Waals surface area contributed by atoms with Gasteiger partial charge in [-0.2, -0.15) is 0 Å². The summed E-state index contributed by atoms with van der Waals surface area (Å²) in [6.07, 6.45) is 5.82. The van der Waals surface area contributed by atoms with Crippen LogP contribution in [0, 0.1) is 29.6 Å². The average molecular weight is 309 g/mol. The smallest absolute Gasteiger partial charge is 0.277 e. The third-order valence-electron chi connectivity index (χ3n) is 5.35. The Bertz CT molecular complexity index is 350. The second kappa shape index (κ2) is 5.76. The van der Waals surface area contributed by atoms with Gasteiger partial charge in [0.2, 0.25) is 5.91 Å². The number of hydrogen-bond acceptors (Lipinski definition) is 2. The molecule has 4 bridgehead atoms. The van der Waals surface area contributed by atoms with Gasteiger partial charge in [0.1, 0.15) is 0 Å². The van der Waals surface area contributed by atoms with E-state index < -0.39 is 19.0 Å². The average Bonchev–Trinajstić information content (AvgIpc) is 2.35. The van der Waals surface area contributed by atoms with Crippen molar-refractivity contribution in [1.82, 2.24) is 5.32 Å². The number of carbonyl (C=O) groups is 1. The summed E-state index contributed by atoms with van der Waals surface area (Å²) in [6, 6.07) is 0. The maximum atomic E-state index is 13.1. The molecule has 4 aliphatic rings. The molecular formula is C14H23ClF2N2O. The normalized spacial score (nSPS) is 38.5. The summed E-state index contributed by atoms with van der Waals surface area (Å²) in [5.74, 6) is -0.732. The van der Waals surface area contributed by atoms with Gasteiger partial charge >= 0.3 is 0 Å². The minimum absolute atomic E-state index is 0. The fourth-order valence-corrected chi connectivity index (χ4v) is 4.76. The third-order valence-corrected chi connectivity index (χ3v) is 5.35. The molecule has 0 unspecified atom stereocenters. The van der Waals surface area contributed by atoms with E-state index in [2.05, 4.69) is 5.32 Å². The first-order chi connectivity index (χ1) is 8.98. The largest absolute Gasteiger partial charge is 0.350 e. The summed E-state index contributed by atoms with van der Waals surface area (Å²) in [5, 5.41) is 2.43. The molecule has 4 saturated carbocycles. The topological polar surface area (TPSA) is 55.1 Å². The highest BCUT2D eigenvalue weighted by atomic mass is 35.5. The van der Waals surface area contributed by atoms with Crippen LogP contribution in [0.25, 0.3) is 0 Å². The van der Waals surface area contributed by atoms with Gasteiger partial charge in [0, 0.05) is 5.92 Å². The molecule has 3 nitrogen and oxygen atoms in total. The summed E-state index contributed by atoms with van der Waals surface area (Å²) < 4.78 is 26.2. The summed E-state index contributed by atoms with van der Waals surface area (Å²) in [4.78, 5) is 12.2. The van der Waals surface area contributed by atoms with Crippen LogP contribution in [-0.2, 0) is 4.79 Å². The molecule has 4 aliphatic carbocycles. The van der Waals surface area contributed by atoms with Crippen molar-refractivity contribution in [2.24, 2.45) is 35.3 Å². The first-order valence-electron chi connectivity index (χ1n) is 7.34. The molecule has 0 aliphatic heterocycles. The minimum Gasteiger partial charge on any atom is -0.350 e. The monoisotopic (exact) mass is 308 g/mol. The van der Waals surface area contributed by atoms with Gasteiger partial charge in [0.05, 0.1) is 13.1 Å². The number of carbonyl (C=O) groups excluding carboxylic acids is 1. The van der Waals surface area contributed by atoms with Crippen molar-refractivity contribution in [1.29, 1.82) is 0 Å². The van der Waals surface area contributed by atoms with Crippen molar-refractivity contribution in [2.75, 3.05) is 13.1 Å². The van der Waals surface area contributed by atoms with E-state index in [-0.39, 0.29) is 24.2 Å². The second-order valence-electron chi connectivity index (χ2n) is 6.73. The SMILES string of the molecule is Cl.NCC(F)(F)CNC(=O)C1C2CC3CC(C2)CC1C3. The summed E-state index contributed by atoms with van der Waals surface area (Å²) in [7, 11) is 0. The quantitative estimate of drug-likeness (QED) is 0.836. The molecule has 3 N–H and O–H groups in total. The van der Waals surface area contributed by atoms with E-state index >= 15 is 0 Å². The zero-order chi connectivity index (χ0) is 13.6. The highest BCUT2D eigenvalue weighted by Crippen LogP contribution is 2.56. The molecule has 0 atom stereocenters. The number of nitrogens with two attached hydrogens (primary N) is 1. The molecule has 0 spiro atoms. The number of alkyl halides is 2. The molecule has 6 heteroatoms. The molecule has 0 saturated heterocycles. The molecule has 4 fully saturated rings. The van der Waals surface area contributed by atoms with Crippen molar-refractivity contribution >= 4 is 18.3 Å². The summed E-state index contributed by atoms with van der Waals surface area (Å²) in [5.41, 5.74) is 4.99. The number of halogens is 3. The van der Waals surface area contributed by atoms with Crippen LogP contribution in [0.4, 0.5) is 8.78 Å². The minimum atomic E-state index is -2.98. The van der Waals surface area contributed by atoms with E-state index in [4.69, 9.17) is 5.73 Å². The molecule has 0 aromatic carbocycles. The lowest BCUT2D eigenvalue weighted by molar-refractivity contribution is -0.139. The number of rotatable bonds is 4. The van der Waals surface area contributed by atoms with Crippen LogP contribution in [0.15, 0.2) is 0 Å². The van der Waals surface area contributed by atoms with Crippen LogP contribution in [0.5, 0.6) is 0 Å². The summed E-state index contributed by atoms with van der Waals surface area (Å²) >= 11 is 0. The molecule has 0 radical (unpaired) electrons. The first kappa shape index (κ1) is 16.0. The maximum Gasteiger partial charge on any atom is 0.277 e. The zero-order valence-corrected chi connectivity index (χ0v) is 12.3. The van der Waals surface area contributed by atoms with Gasteiger partial charge in [-0.1, -0.05) is 0 Å².